The molecule has 9 atom stereocenters. The van der Waals surface area contributed by atoms with E-state index in [4.69, 9.17) is 30.8 Å². The van der Waals surface area contributed by atoms with Gasteiger partial charge in [0.1, 0.15) is 36.6 Å². The summed E-state index contributed by atoms with van der Waals surface area (Å²) >= 11 is 0. The third-order valence-electron chi connectivity index (χ3n) is 3.76. The Morgan fingerprint density at radius 2 is 1.62 bits per heavy atom. The minimum absolute atomic E-state index is 0.0689. The fourth-order valence-corrected chi connectivity index (χ4v) is 2.46. The number of aliphatic hydroxyl groups excluding tert-OH is 5. The van der Waals surface area contributed by atoms with E-state index in [9.17, 15) is 20.4 Å². The summed E-state index contributed by atoms with van der Waals surface area (Å²) in [5, 5.41) is 47.9. The largest absolute Gasteiger partial charge is 0.394 e. The van der Waals surface area contributed by atoms with Gasteiger partial charge in [-0.2, -0.15) is 0 Å². The number of hydrogen-bond acceptors (Lipinski definition) is 10. The molecule has 2 saturated heterocycles. The zero-order chi connectivity index (χ0) is 15.7. The normalized spacial score (nSPS) is 51.3. The maximum absolute atomic E-state index is 9.85. The van der Waals surface area contributed by atoms with Crippen LogP contribution < -0.4 is 11.5 Å². The summed E-state index contributed by atoms with van der Waals surface area (Å²) in [6, 6.07) is -1.09. The lowest BCUT2D eigenvalue weighted by molar-refractivity contribution is -0.280. The van der Waals surface area contributed by atoms with Crippen LogP contribution in [0.15, 0.2) is 0 Å². The summed E-state index contributed by atoms with van der Waals surface area (Å²) in [5.41, 5.74) is 11.2. The summed E-state index contributed by atoms with van der Waals surface area (Å²) in [6.07, 6.45) is -9.62. The molecule has 0 radical (unpaired) electrons. The third kappa shape index (κ3) is 3.19. The molecule has 0 amide bonds. The highest BCUT2D eigenvalue weighted by Gasteiger charge is 2.49. The lowest BCUT2D eigenvalue weighted by Gasteiger charge is -2.42. The zero-order valence-corrected chi connectivity index (χ0v) is 11.2. The van der Waals surface area contributed by atoms with Crippen molar-refractivity contribution in [1.82, 2.24) is 0 Å². The van der Waals surface area contributed by atoms with Crippen molar-refractivity contribution >= 4 is 0 Å². The second-order valence-electron chi connectivity index (χ2n) is 5.18. The molecule has 2 aliphatic rings. The van der Waals surface area contributed by atoms with Gasteiger partial charge in [-0.25, -0.2) is 0 Å². The number of ether oxygens (including phenoxy) is 3. The average Bonchev–Trinajstić information content (AvgIpc) is 2.75. The molecule has 0 unspecified atom stereocenters. The predicted molar refractivity (Wildman–Crippen MR) is 66.5 cm³/mol. The summed E-state index contributed by atoms with van der Waals surface area (Å²) in [7, 11) is 0. The van der Waals surface area contributed by atoms with Crippen LogP contribution in [0.25, 0.3) is 0 Å². The fraction of sp³-hybridized carbons (Fsp3) is 1.00. The molecule has 9 N–H and O–H groups in total. The molecule has 21 heavy (non-hydrogen) atoms. The molecular weight excluding hydrogens is 288 g/mol. The molecule has 2 fully saturated rings. The number of rotatable bonds is 4. The second-order valence-corrected chi connectivity index (χ2v) is 5.18. The van der Waals surface area contributed by atoms with Crippen LogP contribution >= 0.6 is 0 Å². The van der Waals surface area contributed by atoms with E-state index < -0.39 is 61.9 Å². The maximum Gasteiger partial charge on any atom is 0.184 e. The predicted octanol–water partition coefficient (Wildman–Crippen LogP) is -4.83. The van der Waals surface area contributed by atoms with E-state index >= 15 is 0 Å². The number of aliphatic hydroxyl groups is 5. The lowest BCUT2D eigenvalue weighted by Crippen LogP contribution is -2.64. The van der Waals surface area contributed by atoms with Crippen molar-refractivity contribution in [2.45, 2.75) is 55.2 Å². The molecule has 0 bridgehead atoms. The zero-order valence-electron chi connectivity index (χ0n) is 11.2. The van der Waals surface area contributed by atoms with Gasteiger partial charge in [-0.15, -0.1) is 0 Å². The van der Waals surface area contributed by atoms with Gasteiger partial charge in [0.25, 0.3) is 0 Å². The van der Waals surface area contributed by atoms with Gasteiger partial charge < -0.3 is 51.2 Å². The average molecular weight is 310 g/mol. The van der Waals surface area contributed by atoms with Crippen molar-refractivity contribution in [3.63, 3.8) is 0 Å². The van der Waals surface area contributed by atoms with Gasteiger partial charge >= 0.3 is 0 Å². The van der Waals surface area contributed by atoms with Gasteiger partial charge in [-0.05, 0) is 0 Å². The van der Waals surface area contributed by atoms with Crippen LogP contribution in [-0.4, -0.2) is 93.9 Å². The van der Waals surface area contributed by atoms with Crippen LogP contribution in [-0.2, 0) is 14.2 Å². The van der Waals surface area contributed by atoms with Crippen LogP contribution in [0.5, 0.6) is 0 Å². The molecule has 10 heteroatoms. The molecule has 0 aromatic carbocycles. The Kier molecular flexibility index (Phi) is 5.48. The molecule has 0 aliphatic carbocycles. The molecule has 2 heterocycles. The first kappa shape index (κ1) is 17.0. The van der Waals surface area contributed by atoms with Crippen LogP contribution in [0.4, 0.5) is 0 Å². The van der Waals surface area contributed by atoms with E-state index in [1.807, 2.05) is 0 Å². The SMILES string of the molecule is NC[C@H]1O[C@H](O[C@H]2[C@@H](O)[C@H](O)O[C@@H]2CO)[C@H](N)[C@@H](O)[C@@H]1O. The highest BCUT2D eigenvalue weighted by molar-refractivity contribution is 4.94. The monoisotopic (exact) mass is 310 g/mol. The van der Waals surface area contributed by atoms with E-state index in [1.165, 1.54) is 0 Å². The van der Waals surface area contributed by atoms with Gasteiger partial charge in [0.15, 0.2) is 12.6 Å². The third-order valence-corrected chi connectivity index (χ3v) is 3.76. The van der Waals surface area contributed by atoms with Gasteiger partial charge in [0, 0.05) is 6.54 Å². The van der Waals surface area contributed by atoms with Crippen molar-refractivity contribution in [2.24, 2.45) is 11.5 Å². The molecule has 10 nitrogen and oxygen atoms in total. The highest BCUT2D eigenvalue weighted by Crippen LogP contribution is 2.27. The van der Waals surface area contributed by atoms with Gasteiger partial charge in [0.05, 0.1) is 12.6 Å². The van der Waals surface area contributed by atoms with Crippen molar-refractivity contribution < 1.29 is 39.7 Å². The van der Waals surface area contributed by atoms with Crippen LogP contribution in [0, 0.1) is 0 Å². The Hall–Kier alpha value is -0.400. The Bertz CT molecular complexity index is 346. The molecule has 0 saturated carbocycles. The lowest BCUT2D eigenvalue weighted by atomic mass is 9.97. The molecule has 0 spiro atoms. The van der Waals surface area contributed by atoms with E-state index in [0.717, 1.165) is 0 Å². The first-order valence-corrected chi connectivity index (χ1v) is 6.65. The van der Waals surface area contributed by atoms with Crippen LogP contribution in [0.2, 0.25) is 0 Å². The van der Waals surface area contributed by atoms with Gasteiger partial charge in [0.2, 0.25) is 0 Å². The summed E-state index contributed by atoms with van der Waals surface area (Å²) in [5.74, 6) is 0. The van der Waals surface area contributed by atoms with Crippen LogP contribution in [0.1, 0.15) is 0 Å². The van der Waals surface area contributed by atoms with E-state index in [-0.39, 0.29) is 6.54 Å². The summed E-state index contributed by atoms with van der Waals surface area (Å²) in [4.78, 5) is 0. The van der Waals surface area contributed by atoms with Crippen molar-refractivity contribution in [2.75, 3.05) is 13.2 Å². The standard InChI is InChI=1S/C11H22N2O8/c12-1-3-6(15)7(16)5(13)11(20-3)21-9-4(2-14)19-10(18)8(9)17/h3-11,14-18H,1-2,12-13H2/t3-,4-,5-,6-,7-,8-,9-,10-,11-/m1/s1. The smallest absolute Gasteiger partial charge is 0.184 e. The molecule has 0 aromatic rings. The summed E-state index contributed by atoms with van der Waals surface area (Å²) in [6.45, 7) is -0.563. The topological polar surface area (TPSA) is 181 Å². The Morgan fingerprint density at radius 3 is 2.19 bits per heavy atom. The first-order chi connectivity index (χ1) is 9.90. The van der Waals surface area contributed by atoms with Crippen molar-refractivity contribution in [1.29, 1.82) is 0 Å². The number of hydrogen-bond donors (Lipinski definition) is 7. The maximum atomic E-state index is 9.85. The van der Waals surface area contributed by atoms with E-state index in [0.29, 0.717) is 0 Å². The molecular formula is C11H22N2O8. The Balaban J connectivity index is 2.07. The molecule has 2 rings (SSSR count). The minimum atomic E-state index is -1.51. The molecule has 124 valence electrons. The highest BCUT2D eigenvalue weighted by atomic mass is 16.7. The minimum Gasteiger partial charge on any atom is -0.394 e. The summed E-state index contributed by atoms with van der Waals surface area (Å²) < 4.78 is 15.7. The Labute approximate surface area is 120 Å². The van der Waals surface area contributed by atoms with Gasteiger partial charge in [-0.1, -0.05) is 0 Å². The first-order valence-electron chi connectivity index (χ1n) is 6.65. The van der Waals surface area contributed by atoms with Crippen molar-refractivity contribution in [3.05, 3.63) is 0 Å². The fourth-order valence-electron chi connectivity index (χ4n) is 2.46. The Morgan fingerprint density at radius 1 is 0.952 bits per heavy atom. The quantitative estimate of drug-likeness (QED) is 0.266. The second kappa shape index (κ2) is 6.79. The van der Waals surface area contributed by atoms with Gasteiger partial charge in [-0.3, -0.25) is 0 Å². The van der Waals surface area contributed by atoms with Crippen molar-refractivity contribution in [3.8, 4) is 0 Å². The van der Waals surface area contributed by atoms with E-state index in [2.05, 4.69) is 0 Å². The number of nitrogens with two attached hydrogens (primary N) is 2. The molecule has 0 aromatic heterocycles. The molecule has 2 aliphatic heterocycles. The van der Waals surface area contributed by atoms with E-state index in [1.54, 1.807) is 0 Å². The van der Waals surface area contributed by atoms with Crippen LogP contribution in [0.3, 0.4) is 0 Å².